The summed E-state index contributed by atoms with van der Waals surface area (Å²) in [6.45, 7) is 0. The van der Waals surface area contributed by atoms with E-state index < -0.39 is 17.6 Å². The molecule has 0 aliphatic rings. The second-order valence-electron chi connectivity index (χ2n) is 6.88. The molecule has 0 aliphatic carbocycles. The number of benzene rings is 2. The predicted molar refractivity (Wildman–Crippen MR) is 117 cm³/mol. The Bertz CT molecular complexity index is 1260. The van der Waals surface area contributed by atoms with Crippen molar-refractivity contribution in [3.05, 3.63) is 84.3 Å². The first-order valence-corrected chi connectivity index (χ1v) is 9.74. The fourth-order valence-corrected chi connectivity index (χ4v) is 3.11. The van der Waals surface area contributed by atoms with E-state index in [0.717, 1.165) is 11.9 Å². The van der Waals surface area contributed by atoms with Gasteiger partial charge in [-0.15, -0.1) is 5.10 Å². The predicted octanol–water partition coefficient (Wildman–Crippen LogP) is 4.53. The molecule has 11 heteroatoms. The Morgan fingerprint density at radius 3 is 2.42 bits per heavy atom. The van der Waals surface area contributed by atoms with Crippen molar-refractivity contribution in [2.24, 2.45) is 0 Å². The minimum atomic E-state index is -4.64. The number of nitrogens with zero attached hydrogens (tertiary/aromatic N) is 4. The number of halogens is 3. The van der Waals surface area contributed by atoms with Gasteiger partial charge in [-0.05, 0) is 36.4 Å². The largest absolute Gasteiger partial charge is 0.419 e. The van der Waals surface area contributed by atoms with Crippen molar-refractivity contribution in [2.45, 2.75) is 6.18 Å². The van der Waals surface area contributed by atoms with Crippen LogP contribution in [0.5, 0.6) is 0 Å². The van der Waals surface area contributed by atoms with Crippen LogP contribution in [0.25, 0.3) is 5.69 Å². The maximum absolute atomic E-state index is 13.6. The van der Waals surface area contributed by atoms with Crippen molar-refractivity contribution in [1.29, 1.82) is 0 Å². The summed E-state index contributed by atoms with van der Waals surface area (Å²) in [6, 6.07) is 14.6. The molecule has 0 spiro atoms. The number of para-hydroxylation sites is 1. The lowest BCUT2D eigenvalue weighted by molar-refractivity contribution is -0.137. The van der Waals surface area contributed by atoms with Gasteiger partial charge in [0.2, 0.25) is 0 Å². The van der Waals surface area contributed by atoms with Gasteiger partial charge in [0, 0.05) is 25.0 Å². The first-order valence-electron chi connectivity index (χ1n) is 9.74. The van der Waals surface area contributed by atoms with E-state index in [1.54, 1.807) is 53.5 Å². The number of nitrogens with one attached hydrogen (secondary N) is 3. The third-order valence-electron chi connectivity index (χ3n) is 4.70. The van der Waals surface area contributed by atoms with Crippen LogP contribution < -0.4 is 16.0 Å². The van der Waals surface area contributed by atoms with E-state index in [2.05, 4.69) is 31.2 Å². The van der Waals surface area contributed by atoms with Crippen LogP contribution in [-0.4, -0.2) is 32.9 Å². The quantitative estimate of drug-likeness (QED) is 0.397. The molecule has 4 aromatic rings. The van der Waals surface area contributed by atoms with Gasteiger partial charge < -0.3 is 16.0 Å². The Balaban J connectivity index is 1.64. The second-order valence-corrected chi connectivity index (χ2v) is 6.88. The number of amides is 1. The van der Waals surface area contributed by atoms with Crippen molar-refractivity contribution in [2.75, 3.05) is 17.7 Å². The molecule has 4 rings (SSSR count). The van der Waals surface area contributed by atoms with Gasteiger partial charge in [-0.25, -0.2) is 9.67 Å². The van der Waals surface area contributed by atoms with E-state index >= 15 is 0 Å². The maximum Gasteiger partial charge on any atom is 0.419 e. The maximum atomic E-state index is 13.6. The molecule has 0 aliphatic heterocycles. The number of hydrogen-bond donors (Lipinski definition) is 3. The monoisotopic (exact) mass is 453 g/mol. The minimum Gasteiger partial charge on any atom is -0.355 e. The zero-order valence-electron chi connectivity index (χ0n) is 17.3. The molecule has 0 atom stereocenters. The Hall–Kier alpha value is -4.41. The fourth-order valence-electron chi connectivity index (χ4n) is 3.11. The van der Waals surface area contributed by atoms with Crippen molar-refractivity contribution in [3.63, 3.8) is 0 Å². The highest BCUT2D eigenvalue weighted by atomic mass is 19.4. The van der Waals surface area contributed by atoms with Crippen molar-refractivity contribution < 1.29 is 18.0 Å². The molecule has 8 nitrogen and oxygen atoms in total. The van der Waals surface area contributed by atoms with Crippen LogP contribution in [0.3, 0.4) is 0 Å². The van der Waals surface area contributed by atoms with E-state index in [4.69, 9.17) is 0 Å². The summed E-state index contributed by atoms with van der Waals surface area (Å²) in [5.41, 5.74) is 0.631. The molecule has 0 unspecified atom stereocenters. The van der Waals surface area contributed by atoms with Gasteiger partial charge >= 0.3 is 6.18 Å². The standard InChI is InChI=1S/C22H18F3N7O/c1-26-21(33)16-4-2-3-5-18(16)30-19-12-20(27-13-17(19)22(23,24)25)29-14-6-8-15(9-7-14)32-11-10-28-31-32/h2-13H,1H3,(H,26,33)(H2,27,29,30). The molecule has 1 amide bonds. The lowest BCUT2D eigenvalue weighted by Crippen LogP contribution is -2.19. The number of carbonyl (C=O) groups is 1. The molecule has 0 bridgehead atoms. The van der Waals surface area contributed by atoms with Crippen molar-refractivity contribution in [1.82, 2.24) is 25.3 Å². The zero-order chi connectivity index (χ0) is 23.4. The van der Waals surface area contributed by atoms with Crippen LogP contribution in [-0.2, 0) is 6.18 Å². The number of alkyl halides is 3. The Labute approximate surface area is 186 Å². The highest BCUT2D eigenvalue weighted by Crippen LogP contribution is 2.37. The van der Waals surface area contributed by atoms with Gasteiger partial charge in [-0.2, -0.15) is 13.2 Å². The first-order chi connectivity index (χ1) is 15.8. The highest BCUT2D eigenvalue weighted by Gasteiger charge is 2.34. The molecule has 2 aromatic heterocycles. The number of pyridine rings is 1. The average Bonchev–Trinajstić information content (AvgIpc) is 3.34. The van der Waals surface area contributed by atoms with Gasteiger partial charge in [-0.3, -0.25) is 4.79 Å². The Morgan fingerprint density at radius 2 is 1.76 bits per heavy atom. The van der Waals surface area contributed by atoms with E-state index in [9.17, 15) is 18.0 Å². The molecular formula is C22H18F3N7O. The van der Waals surface area contributed by atoms with Gasteiger partial charge in [0.1, 0.15) is 5.82 Å². The summed E-state index contributed by atoms with van der Waals surface area (Å²) in [7, 11) is 1.45. The topological polar surface area (TPSA) is 96.8 Å². The molecule has 3 N–H and O–H groups in total. The summed E-state index contributed by atoms with van der Waals surface area (Å²) in [6.07, 6.45) is -0.657. The minimum absolute atomic E-state index is 0.191. The van der Waals surface area contributed by atoms with Gasteiger partial charge in [0.15, 0.2) is 0 Å². The summed E-state index contributed by atoms with van der Waals surface area (Å²) in [5.74, 6) is -0.233. The molecule has 33 heavy (non-hydrogen) atoms. The SMILES string of the molecule is CNC(=O)c1ccccc1Nc1cc(Nc2ccc(-n3ccnn3)cc2)ncc1C(F)(F)F. The molecular weight excluding hydrogens is 435 g/mol. The lowest BCUT2D eigenvalue weighted by Gasteiger charge is -2.17. The molecule has 0 saturated heterocycles. The molecule has 2 aromatic carbocycles. The van der Waals surface area contributed by atoms with Crippen molar-refractivity contribution in [3.8, 4) is 5.69 Å². The van der Waals surface area contributed by atoms with Crippen molar-refractivity contribution >= 4 is 28.8 Å². The average molecular weight is 453 g/mol. The fraction of sp³-hybridized carbons (Fsp3) is 0.0909. The van der Waals surface area contributed by atoms with Crippen LogP contribution in [0.4, 0.5) is 36.1 Å². The number of carbonyl (C=O) groups excluding carboxylic acids is 1. The third kappa shape index (κ3) is 4.92. The normalized spacial score (nSPS) is 11.2. The van der Waals surface area contributed by atoms with Crippen LogP contribution in [0, 0.1) is 0 Å². The summed E-state index contributed by atoms with van der Waals surface area (Å²) < 4.78 is 42.4. The second kappa shape index (κ2) is 8.99. The molecule has 0 fully saturated rings. The molecule has 168 valence electrons. The van der Waals surface area contributed by atoms with E-state index in [-0.39, 0.29) is 22.8 Å². The van der Waals surface area contributed by atoms with Crippen LogP contribution in [0.2, 0.25) is 0 Å². The lowest BCUT2D eigenvalue weighted by atomic mass is 10.1. The Kier molecular flexibility index (Phi) is 5.94. The summed E-state index contributed by atoms with van der Waals surface area (Å²) >= 11 is 0. The van der Waals surface area contributed by atoms with E-state index in [0.29, 0.717) is 5.69 Å². The zero-order valence-corrected chi connectivity index (χ0v) is 17.3. The number of rotatable bonds is 6. The van der Waals surface area contributed by atoms with Crippen LogP contribution in [0.1, 0.15) is 15.9 Å². The summed E-state index contributed by atoms with van der Waals surface area (Å²) in [4.78, 5) is 16.0. The van der Waals surface area contributed by atoms with E-state index in [1.165, 1.54) is 25.2 Å². The van der Waals surface area contributed by atoms with E-state index in [1.807, 2.05) is 0 Å². The Morgan fingerprint density at radius 1 is 1.00 bits per heavy atom. The molecule has 0 radical (unpaired) electrons. The first kappa shape index (κ1) is 21.8. The van der Waals surface area contributed by atoms with Gasteiger partial charge in [0.05, 0.1) is 40.6 Å². The molecule has 2 heterocycles. The van der Waals surface area contributed by atoms with Gasteiger partial charge in [-0.1, -0.05) is 17.3 Å². The summed E-state index contributed by atoms with van der Waals surface area (Å²) in [5, 5.41) is 15.8. The van der Waals surface area contributed by atoms with Crippen LogP contribution >= 0.6 is 0 Å². The molecule has 0 saturated carbocycles. The van der Waals surface area contributed by atoms with Crippen LogP contribution in [0.15, 0.2) is 73.2 Å². The highest BCUT2D eigenvalue weighted by molar-refractivity contribution is 6.00. The number of aromatic nitrogens is 4. The number of anilines is 4. The third-order valence-corrected chi connectivity index (χ3v) is 4.70. The number of hydrogen-bond acceptors (Lipinski definition) is 6. The smallest absolute Gasteiger partial charge is 0.355 e. The van der Waals surface area contributed by atoms with Gasteiger partial charge in [0.25, 0.3) is 5.91 Å².